The molecule has 96 valence electrons. The number of aromatic nitrogens is 1. The second kappa shape index (κ2) is 7.12. The molecule has 0 bridgehead atoms. The highest BCUT2D eigenvalue weighted by Gasteiger charge is 2.10. The Balaban J connectivity index is 2.60. The third-order valence-electron chi connectivity index (χ3n) is 2.80. The molecule has 17 heavy (non-hydrogen) atoms. The monoisotopic (exact) mass is 237 g/mol. The minimum absolute atomic E-state index is 0.0612. The predicted molar refractivity (Wildman–Crippen MR) is 69.8 cm³/mol. The van der Waals surface area contributed by atoms with Gasteiger partial charge in [-0.25, -0.2) is 0 Å². The first kappa shape index (κ1) is 13.8. The Kier molecular flexibility index (Phi) is 5.77. The van der Waals surface area contributed by atoms with Crippen LogP contribution in [0.25, 0.3) is 0 Å². The molecule has 0 aromatic carbocycles. The van der Waals surface area contributed by atoms with Crippen molar-refractivity contribution in [1.82, 2.24) is 15.2 Å². The lowest BCUT2D eigenvalue weighted by atomic mass is 10.1. The summed E-state index contributed by atoms with van der Waals surface area (Å²) in [5.74, 6) is 0.0612. The molecule has 1 rings (SSSR count). The summed E-state index contributed by atoms with van der Waals surface area (Å²) in [6.45, 7) is 5.19. The molecule has 4 heteroatoms. The van der Waals surface area contributed by atoms with Crippen molar-refractivity contribution in [3.05, 3.63) is 24.0 Å². The minimum Gasteiger partial charge on any atom is -0.355 e. The van der Waals surface area contributed by atoms with E-state index in [0.717, 1.165) is 12.8 Å². The van der Waals surface area contributed by atoms with Gasteiger partial charge in [-0.15, -0.1) is 0 Å². The number of likely N-dealkylation sites (N-methyl/N-ethyl adjacent to an activating group) is 1. The Labute approximate surface area is 103 Å². The van der Waals surface area contributed by atoms with Gasteiger partial charge in [-0.05, 0) is 32.0 Å². The molecular formula is C13H23N3O. The zero-order chi connectivity index (χ0) is 12.7. The third kappa shape index (κ3) is 4.23. The first-order valence-electron chi connectivity index (χ1n) is 6.30. The zero-order valence-corrected chi connectivity index (χ0v) is 11.0. The van der Waals surface area contributed by atoms with Crippen molar-refractivity contribution >= 4 is 5.91 Å². The van der Waals surface area contributed by atoms with Crippen LogP contribution in [-0.4, -0.2) is 24.1 Å². The number of hydrogen-bond acceptors (Lipinski definition) is 2. The van der Waals surface area contributed by atoms with Crippen molar-refractivity contribution in [2.24, 2.45) is 0 Å². The molecule has 1 aromatic heterocycles. The van der Waals surface area contributed by atoms with Crippen molar-refractivity contribution in [2.45, 2.75) is 39.3 Å². The van der Waals surface area contributed by atoms with Crippen LogP contribution in [0.2, 0.25) is 0 Å². The van der Waals surface area contributed by atoms with E-state index in [4.69, 9.17) is 0 Å². The van der Waals surface area contributed by atoms with E-state index in [1.54, 1.807) is 0 Å². The van der Waals surface area contributed by atoms with Gasteiger partial charge in [0.1, 0.15) is 6.54 Å². The summed E-state index contributed by atoms with van der Waals surface area (Å²) in [5.41, 5.74) is 1.25. The summed E-state index contributed by atoms with van der Waals surface area (Å²) < 4.78 is 1.93. The van der Waals surface area contributed by atoms with Crippen LogP contribution in [-0.2, 0) is 11.3 Å². The Bertz CT molecular complexity index is 346. The molecule has 2 N–H and O–H groups in total. The van der Waals surface area contributed by atoms with Crippen LogP contribution in [0.5, 0.6) is 0 Å². The smallest absolute Gasteiger partial charge is 0.239 e. The second-order valence-corrected chi connectivity index (χ2v) is 4.20. The fraction of sp³-hybridized carbons (Fsp3) is 0.615. The van der Waals surface area contributed by atoms with Crippen LogP contribution < -0.4 is 10.6 Å². The molecule has 4 nitrogen and oxygen atoms in total. The fourth-order valence-electron chi connectivity index (χ4n) is 1.95. The number of nitrogens with one attached hydrogen (secondary N) is 2. The Morgan fingerprint density at radius 3 is 2.82 bits per heavy atom. The van der Waals surface area contributed by atoms with Gasteiger partial charge in [0.05, 0.1) is 0 Å². The van der Waals surface area contributed by atoms with Crippen molar-refractivity contribution < 1.29 is 4.79 Å². The average molecular weight is 237 g/mol. The van der Waals surface area contributed by atoms with Gasteiger partial charge in [-0.1, -0.05) is 13.3 Å². The summed E-state index contributed by atoms with van der Waals surface area (Å²) in [4.78, 5) is 11.4. The van der Waals surface area contributed by atoms with Gasteiger partial charge in [0.15, 0.2) is 0 Å². The maximum Gasteiger partial charge on any atom is 0.239 e. The molecule has 0 aliphatic rings. The lowest BCUT2D eigenvalue weighted by Crippen LogP contribution is -2.26. The van der Waals surface area contributed by atoms with Crippen LogP contribution in [0.15, 0.2) is 18.5 Å². The summed E-state index contributed by atoms with van der Waals surface area (Å²) in [7, 11) is 1.97. The number of carbonyl (C=O) groups excluding carboxylic acids is 1. The molecule has 0 spiro atoms. The highest BCUT2D eigenvalue weighted by molar-refractivity contribution is 5.75. The van der Waals surface area contributed by atoms with Gasteiger partial charge in [0.2, 0.25) is 5.91 Å². The van der Waals surface area contributed by atoms with E-state index in [2.05, 4.69) is 23.6 Å². The number of amides is 1. The van der Waals surface area contributed by atoms with Gasteiger partial charge < -0.3 is 15.2 Å². The molecule has 0 fully saturated rings. The number of hydrogen-bond donors (Lipinski definition) is 2. The van der Waals surface area contributed by atoms with Crippen LogP contribution in [0, 0.1) is 0 Å². The van der Waals surface area contributed by atoms with Crippen LogP contribution >= 0.6 is 0 Å². The second-order valence-electron chi connectivity index (χ2n) is 4.20. The Morgan fingerprint density at radius 1 is 1.47 bits per heavy atom. The minimum atomic E-state index is 0.0612. The normalized spacial score (nSPS) is 12.4. The quantitative estimate of drug-likeness (QED) is 0.758. The first-order chi connectivity index (χ1) is 8.21. The van der Waals surface area contributed by atoms with Crippen LogP contribution in [0.4, 0.5) is 0 Å². The third-order valence-corrected chi connectivity index (χ3v) is 2.80. The molecule has 0 saturated carbocycles. The average Bonchev–Trinajstić information content (AvgIpc) is 2.74. The predicted octanol–water partition coefficient (Wildman–Crippen LogP) is 1.68. The van der Waals surface area contributed by atoms with Crippen molar-refractivity contribution in [3.8, 4) is 0 Å². The van der Waals surface area contributed by atoms with E-state index in [1.807, 2.05) is 30.9 Å². The van der Waals surface area contributed by atoms with Gasteiger partial charge in [-0.3, -0.25) is 4.79 Å². The lowest BCUT2D eigenvalue weighted by Gasteiger charge is -2.13. The molecule has 1 heterocycles. The number of rotatable bonds is 7. The summed E-state index contributed by atoms with van der Waals surface area (Å²) >= 11 is 0. The molecule has 1 atom stereocenters. The SMILES string of the molecule is CCCC(NC)c1ccn(CC(=O)NCC)c1. The fourth-order valence-corrected chi connectivity index (χ4v) is 1.95. The molecule has 1 amide bonds. The highest BCUT2D eigenvalue weighted by Crippen LogP contribution is 2.18. The van der Waals surface area contributed by atoms with E-state index in [9.17, 15) is 4.79 Å². The number of nitrogens with zero attached hydrogens (tertiary/aromatic N) is 1. The molecule has 1 aromatic rings. The molecule has 0 aliphatic heterocycles. The Morgan fingerprint density at radius 2 is 2.24 bits per heavy atom. The first-order valence-corrected chi connectivity index (χ1v) is 6.30. The van der Waals surface area contributed by atoms with Crippen molar-refractivity contribution in [3.63, 3.8) is 0 Å². The maximum absolute atomic E-state index is 11.4. The van der Waals surface area contributed by atoms with E-state index in [0.29, 0.717) is 19.1 Å². The topological polar surface area (TPSA) is 46.1 Å². The molecular weight excluding hydrogens is 214 g/mol. The standard InChI is InChI=1S/C13H23N3O/c1-4-6-12(14-3)11-7-8-16(9-11)10-13(17)15-5-2/h7-9,12,14H,4-6,10H2,1-3H3,(H,15,17). The van der Waals surface area contributed by atoms with E-state index >= 15 is 0 Å². The van der Waals surface area contributed by atoms with Crippen LogP contribution in [0.1, 0.15) is 38.3 Å². The van der Waals surface area contributed by atoms with E-state index in [-0.39, 0.29) is 5.91 Å². The van der Waals surface area contributed by atoms with Gasteiger partial charge in [0, 0.05) is 25.0 Å². The lowest BCUT2D eigenvalue weighted by molar-refractivity contribution is -0.121. The Hall–Kier alpha value is -1.29. The molecule has 0 radical (unpaired) electrons. The molecule has 1 unspecified atom stereocenters. The van der Waals surface area contributed by atoms with Gasteiger partial charge >= 0.3 is 0 Å². The van der Waals surface area contributed by atoms with Gasteiger partial charge in [0.25, 0.3) is 0 Å². The van der Waals surface area contributed by atoms with Gasteiger partial charge in [-0.2, -0.15) is 0 Å². The maximum atomic E-state index is 11.4. The highest BCUT2D eigenvalue weighted by atomic mass is 16.1. The van der Waals surface area contributed by atoms with Crippen molar-refractivity contribution in [2.75, 3.05) is 13.6 Å². The molecule has 0 saturated heterocycles. The van der Waals surface area contributed by atoms with E-state index in [1.165, 1.54) is 5.56 Å². The zero-order valence-electron chi connectivity index (χ0n) is 11.0. The largest absolute Gasteiger partial charge is 0.355 e. The van der Waals surface area contributed by atoms with Crippen LogP contribution in [0.3, 0.4) is 0 Å². The number of carbonyl (C=O) groups is 1. The summed E-state index contributed by atoms with van der Waals surface area (Å²) in [6.07, 6.45) is 6.27. The molecule has 0 aliphatic carbocycles. The van der Waals surface area contributed by atoms with E-state index < -0.39 is 0 Å². The summed E-state index contributed by atoms with van der Waals surface area (Å²) in [5, 5.41) is 6.09. The van der Waals surface area contributed by atoms with Crippen molar-refractivity contribution in [1.29, 1.82) is 0 Å². The summed E-state index contributed by atoms with van der Waals surface area (Å²) in [6, 6.07) is 2.46.